The molecule has 2 N–H and O–H groups in total. The zero-order valence-electron chi connectivity index (χ0n) is 17.5. The van der Waals surface area contributed by atoms with Crippen LogP contribution in [0.1, 0.15) is 43.5 Å². The number of allylic oxidation sites excluding steroid dienone is 1. The second-order valence-corrected chi connectivity index (χ2v) is 6.83. The van der Waals surface area contributed by atoms with Crippen LogP contribution in [-0.4, -0.2) is 47.8 Å². The predicted octanol–water partition coefficient (Wildman–Crippen LogP) is 3.91. The first-order chi connectivity index (χ1) is 14.0. The van der Waals surface area contributed by atoms with Crippen molar-refractivity contribution < 1.29 is 9.53 Å². The van der Waals surface area contributed by atoms with Gasteiger partial charge in [0.25, 0.3) is 0 Å². The van der Waals surface area contributed by atoms with Gasteiger partial charge in [0, 0.05) is 49.3 Å². The van der Waals surface area contributed by atoms with Crippen molar-refractivity contribution >= 4 is 24.3 Å². The molecule has 0 unspecified atom stereocenters. The highest BCUT2D eigenvalue weighted by Crippen LogP contribution is 2.19. The number of H-pyrrole nitrogens is 1. The Morgan fingerprint density at radius 2 is 2.10 bits per heavy atom. The van der Waals surface area contributed by atoms with Gasteiger partial charge in [-0.05, 0) is 38.3 Å². The second-order valence-electron chi connectivity index (χ2n) is 6.83. The van der Waals surface area contributed by atoms with E-state index in [2.05, 4.69) is 39.9 Å². The summed E-state index contributed by atoms with van der Waals surface area (Å²) in [5, 5.41) is 3.63. The average molecular weight is 397 g/mol. The molecule has 2 rings (SSSR count). The maximum Gasteiger partial charge on any atom is 0.339 e. The molecule has 0 radical (unpaired) electrons. The minimum absolute atomic E-state index is 0.345. The maximum atomic E-state index is 11.8. The molecule has 0 saturated carbocycles. The lowest BCUT2D eigenvalue weighted by molar-refractivity contribution is -0.137. The number of carbonyl (C=O) groups excluding carboxylic acids is 1. The predicted molar refractivity (Wildman–Crippen MR) is 120 cm³/mol. The van der Waals surface area contributed by atoms with Crippen molar-refractivity contribution in [3.63, 3.8) is 0 Å². The van der Waals surface area contributed by atoms with E-state index < -0.39 is 0 Å². The van der Waals surface area contributed by atoms with Crippen LogP contribution in [0.2, 0.25) is 0 Å². The summed E-state index contributed by atoms with van der Waals surface area (Å²) in [5.41, 5.74) is 3.75. The van der Waals surface area contributed by atoms with Crippen LogP contribution in [0.4, 0.5) is 0 Å². The summed E-state index contributed by atoms with van der Waals surface area (Å²) in [6.07, 6.45) is 10.9. The van der Waals surface area contributed by atoms with Gasteiger partial charge in [0.15, 0.2) is 0 Å². The molecular formula is C23H32N4O2. The number of hydrogen-bond acceptors (Lipinski definition) is 5. The van der Waals surface area contributed by atoms with Crippen LogP contribution in [0.3, 0.4) is 0 Å². The summed E-state index contributed by atoms with van der Waals surface area (Å²) in [5.74, 6) is 0.306. The molecule has 0 aliphatic carbocycles. The standard InChI is InChI=1S/C23H32N4O2/c1-6-18(23(28)29-9-4)14-24-17(5)27-12-10-20(11-13-27)25-15-19-16-26-22(8-3)21(19)7-2/h6-8,14,16,20,25-26H,2-3,5,9-13,15H2,1,4H3/b18-6+,24-14-. The van der Waals surface area contributed by atoms with Crippen LogP contribution >= 0.6 is 0 Å². The van der Waals surface area contributed by atoms with E-state index in [1.165, 1.54) is 11.8 Å². The van der Waals surface area contributed by atoms with Crippen molar-refractivity contribution in [2.75, 3.05) is 19.7 Å². The van der Waals surface area contributed by atoms with Crippen molar-refractivity contribution in [3.05, 3.63) is 60.2 Å². The van der Waals surface area contributed by atoms with Crippen LogP contribution in [0.25, 0.3) is 12.2 Å². The van der Waals surface area contributed by atoms with E-state index in [0.717, 1.165) is 43.7 Å². The Labute approximate surface area is 173 Å². The van der Waals surface area contributed by atoms with Gasteiger partial charge < -0.3 is 19.9 Å². The lowest BCUT2D eigenvalue weighted by Crippen LogP contribution is -2.41. The fourth-order valence-corrected chi connectivity index (χ4v) is 3.33. The van der Waals surface area contributed by atoms with E-state index in [1.807, 2.05) is 18.3 Å². The molecular weight excluding hydrogens is 364 g/mol. The zero-order chi connectivity index (χ0) is 21.2. The molecule has 6 nitrogen and oxygen atoms in total. The number of hydrogen-bond donors (Lipinski definition) is 2. The summed E-state index contributed by atoms with van der Waals surface area (Å²) in [6.45, 7) is 18.2. The monoisotopic (exact) mass is 396 g/mol. The normalized spacial score (nSPS) is 15.5. The summed E-state index contributed by atoms with van der Waals surface area (Å²) in [4.78, 5) is 21.6. The third kappa shape index (κ3) is 6.06. The van der Waals surface area contributed by atoms with Crippen LogP contribution in [0, 0.1) is 0 Å². The molecule has 1 aliphatic heterocycles. The van der Waals surface area contributed by atoms with Crippen LogP contribution < -0.4 is 5.32 Å². The van der Waals surface area contributed by atoms with Gasteiger partial charge in [0.1, 0.15) is 5.82 Å². The first kappa shape index (κ1) is 22.4. The fraction of sp³-hybridized carbons (Fsp3) is 0.391. The number of aromatic nitrogens is 1. The fourth-order valence-electron chi connectivity index (χ4n) is 3.33. The molecule has 1 saturated heterocycles. The van der Waals surface area contributed by atoms with E-state index in [1.54, 1.807) is 19.9 Å². The smallest absolute Gasteiger partial charge is 0.339 e. The van der Waals surface area contributed by atoms with E-state index in [0.29, 0.717) is 24.0 Å². The maximum absolute atomic E-state index is 11.8. The number of carbonyl (C=O) groups is 1. The molecule has 0 atom stereocenters. The lowest BCUT2D eigenvalue weighted by atomic mass is 10.0. The first-order valence-electron chi connectivity index (χ1n) is 10.0. The van der Waals surface area contributed by atoms with Crippen molar-refractivity contribution in [2.24, 2.45) is 4.99 Å². The van der Waals surface area contributed by atoms with E-state index in [4.69, 9.17) is 4.74 Å². The molecule has 6 heteroatoms. The van der Waals surface area contributed by atoms with Crippen molar-refractivity contribution in [3.8, 4) is 0 Å². The number of aliphatic imine (C=N–C) groups is 1. The van der Waals surface area contributed by atoms with Gasteiger partial charge in [-0.1, -0.05) is 31.9 Å². The SMILES string of the molecule is C=Cc1[nH]cc(CNC2CCN(C(=C)/N=C\C(=C/C)C(=O)OCC)CC2)c1C=C. The molecule has 0 amide bonds. The topological polar surface area (TPSA) is 69.7 Å². The van der Waals surface area contributed by atoms with E-state index in [-0.39, 0.29) is 5.97 Å². The number of aromatic amines is 1. The van der Waals surface area contributed by atoms with Crippen molar-refractivity contribution in [1.82, 2.24) is 15.2 Å². The number of ether oxygens (including phenoxy) is 1. The molecule has 1 aromatic heterocycles. The Morgan fingerprint density at radius 1 is 1.38 bits per heavy atom. The van der Waals surface area contributed by atoms with Crippen molar-refractivity contribution in [2.45, 2.75) is 39.3 Å². The highest BCUT2D eigenvalue weighted by atomic mass is 16.5. The van der Waals surface area contributed by atoms with Crippen LogP contribution in [-0.2, 0) is 16.1 Å². The van der Waals surface area contributed by atoms with Gasteiger partial charge in [-0.2, -0.15) is 0 Å². The van der Waals surface area contributed by atoms with Gasteiger partial charge >= 0.3 is 5.97 Å². The molecule has 2 heterocycles. The first-order valence-corrected chi connectivity index (χ1v) is 10.0. The van der Waals surface area contributed by atoms with Gasteiger partial charge in [-0.3, -0.25) is 0 Å². The number of rotatable bonds is 10. The molecule has 0 bridgehead atoms. The van der Waals surface area contributed by atoms with Gasteiger partial charge in [-0.25, -0.2) is 9.79 Å². The van der Waals surface area contributed by atoms with Gasteiger partial charge in [0.2, 0.25) is 0 Å². The molecule has 0 aromatic carbocycles. The number of likely N-dealkylation sites (tertiary alicyclic amines) is 1. The summed E-state index contributed by atoms with van der Waals surface area (Å²) < 4.78 is 5.01. The quantitative estimate of drug-likeness (QED) is 0.357. The number of nitrogens with zero attached hydrogens (tertiary/aromatic N) is 2. The third-order valence-corrected chi connectivity index (χ3v) is 5.06. The third-order valence-electron chi connectivity index (χ3n) is 5.06. The largest absolute Gasteiger partial charge is 0.462 e. The van der Waals surface area contributed by atoms with Crippen molar-refractivity contribution in [1.29, 1.82) is 0 Å². The van der Waals surface area contributed by atoms with Crippen LogP contribution in [0.15, 0.2) is 48.4 Å². The molecule has 1 aromatic rings. The van der Waals surface area contributed by atoms with E-state index in [9.17, 15) is 4.79 Å². The second kappa shape index (κ2) is 11.2. The highest BCUT2D eigenvalue weighted by molar-refractivity contribution is 6.09. The average Bonchev–Trinajstić information content (AvgIpc) is 3.15. The lowest BCUT2D eigenvalue weighted by Gasteiger charge is -2.33. The molecule has 0 spiro atoms. The minimum Gasteiger partial charge on any atom is -0.462 e. The number of piperidine rings is 1. The van der Waals surface area contributed by atoms with Gasteiger partial charge in [-0.15, -0.1) is 0 Å². The Hall–Kier alpha value is -2.86. The molecule has 1 fully saturated rings. The Kier molecular flexibility index (Phi) is 8.68. The molecule has 1 aliphatic rings. The highest BCUT2D eigenvalue weighted by Gasteiger charge is 2.20. The van der Waals surface area contributed by atoms with E-state index >= 15 is 0 Å². The summed E-state index contributed by atoms with van der Waals surface area (Å²) in [7, 11) is 0. The summed E-state index contributed by atoms with van der Waals surface area (Å²) >= 11 is 0. The Morgan fingerprint density at radius 3 is 2.69 bits per heavy atom. The Bertz CT molecular complexity index is 796. The minimum atomic E-state index is -0.363. The number of nitrogens with one attached hydrogen (secondary N) is 2. The number of esters is 1. The van der Waals surface area contributed by atoms with Gasteiger partial charge in [0.05, 0.1) is 12.2 Å². The Balaban J connectivity index is 1.82. The molecule has 156 valence electrons. The molecule has 29 heavy (non-hydrogen) atoms. The summed E-state index contributed by atoms with van der Waals surface area (Å²) in [6, 6.07) is 0.438. The zero-order valence-corrected chi connectivity index (χ0v) is 17.5. The van der Waals surface area contributed by atoms with Crippen LogP contribution in [0.5, 0.6) is 0 Å².